The van der Waals surface area contributed by atoms with Gasteiger partial charge in [-0.25, -0.2) is 0 Å². The number of hydrogen-bond donors (Lipinski definition) is 1. The highest BCUT2D eigenvalue weighted by molar-refractivity contribution is 5.68. The summed E-state index contributed by atoms with van der Waals surface area (Å²) in [5.41, 5.74) is 3.52. The molecule has 0 heterocycles. The van der Waals surface area contributed by atoms with Gasteiger partial charge in [0.1, 0.15) is 5.75 Å². The third-order valence-corrected chi connectivity index (χ3v) is 3.53. The summed E-state index contributed by atoms with van der Waals surface area (Å²) in [6.45, 7) is 4.16. The molecule has 2 aromatic rings. The number of methoxy groups -OCH3 is 1. The normalized spacial score (nSPS) is 10.4. The second-order valence-electron chi connectivity index (χ2n) is 5.07. The monoisotopic (exact) mass is 284 g/mol. The van der Waals surface area contributed by atoms with E-state index in [1.54, 1.807) is 7.11 Å². The van der Waals surface area contributed by atoms with E-state index in [9.17, 15) is 0 Å². The molecule has 0 unspecified atom stereocenters. The Morgan fingerprint density at radius 2 is 1.76 bits per heavy atom. The summed E-state index contributed by atoms with van der Waals surface area (Å²) in [4.78, 5) is 2.14. The van der Waals surface area contributed by atoms with Gasteiger partial charge in [-0.05, 0) is 42.8 Å². The van der Waals surface area contributed by atoms with Gasteiger partial charge in [-0.2, -0.15) is 0 Å². The van der Waals surface area contributed by atoms with Crippen LogP contribution in [0.2, 0.25) is 0 Å². The molecule has 3 nitrogen and oxygen atoms in total. The van der Waals surface area contributed by atoms with E-state index in [0.717, 1.165) is 36.6 Å². The van der Waals surface area contributed by atoms with Crippen molar-refractivity contribution in [1.82, 2.24) is 5.32 Å². The third-order valence-electron chi connectivity index (χ3n) is 3.53. The Morgan fingerprint density at radius 3 is 2.43 bits per heavy atom. The van der Waals surface area contributed by atoms with E-state index in [-0.39, 0.29) is 0 Å². The summed E-state index contributed by atoms with van der Waals surface area (Å²) in [5, 5.41) is 3.42. The fraction of sp³-hybridized carbons (Fsp3) is 0.333. The lowest BCUT2D eigenvalue weighted by atomic mass is 10.1. The minimum absolute atomic E-state index is 0.883. The van der Waals surface area contributed by atoms with Gasteiger partial charge in [-0.15, -0.1) is 0 Å². The van der Waals surface area contributed by atoms with Gasteiger partial charge in [-0.1, -0.05) is 31.2 Å². The lowest BCUT2D eigenvalue weighted by Crippen LogP contribution is -2.14. The predicted molar refractivity (Wildman–Crippen MR) is 89.5 cm³/mol. The zero-order valence-electron chi connectivity index (χ0n) is 13.1. The molecule has 0 saturated carbocycles. The third kappa shape index (κ3) is 3.99. The number of rotatable bonds is 7. The Hall–Kier alpha value is -2.00. The van der Waals surface area contributed by atoms with E-state index in [0.29, 0.717) is 0 Å². The first-order valence-electron chi connectivity index (χ1n) is 7.42. The van der Waals surface area contributed by atoms with Crippen LogP contribution in [0.25, 0.3) is 0 Å². The van der Waals surface area contributed by atoms with Crippen molar-refractivity contribution in [2.75, 3.05) is 25.6 Å². The van der Waals surface area contributed by atoms with Gasteiger partial charge in [0, 0.05) is 19.3 Å². The van der Waals surface area contributed by atoms with Gasteiger partial charge in [-0.3, -0.25) is 0 Å². The summed E-state index contributed by atoms with van der Waals surface area (Å²) < 4.78 is 5.43. The van der Waals surface area contributed by atoms with Crippen LogP contribution in [0.3, 0.4) is 0 Å². The molecule has 112 valence electrons. The fourth-order valence-electron chi connectivity index (χ4n) is 2.29. The van der Waals surface area contributed by atoms with Crippen LogP contribution in [-0.2, 0) is 6.54 Å². The van der Waals surface area contributed by atoms with Crippen LogP contribution in [0.1, 0.15) is 18.9 Å². The highest BCUT2D eigenvalue weighted by Gasteiger charge is 2.08. The van der Waals surface area contributed by atoms with Crippen molar-refractivity contribution < 1.29 is 4.74 Å². The van der Waals surface area contributed by atoms with Gasteiger partial charge < -0.3 is 15.0 Å². The van der Waals surface area contributed by atoms with E-state index in [2.05, 4.69) is 54.5 Å². The van der Waals surface area contributed by atoms with Crippen molar-refractivity contribution in [2.45, 2.75) is 19.9 Å². The van der Waals surface area contributed by atoms with Crippen molar-refractivity contribution in [3.63, 3.8) is 0 Å². The van der Waals surface area contributed by atoms with Gasteiger partial charge in [0.25, 0.3) is 0 Å². The number of nitrogens with zero attached hydrogens (tertiary/aromatic N) is 1. The molecule has 1 N–H and O–H groups in total. The van der Waals surface area contributed by atoms with Crippen LogP contribution < -0.4 is 15.0 Å². The average molecular weight is 284 g/mol. The van der Waals surface area contributed by atoms with Crippen LogP contribution in [0.15, 0.2) is 48.5 Å². The van der Waals surface area contributed by atoms with Crippen molar-refractivity contribution in [3.8, 4) is 5.75 Å². The van der Waals surface area contributed by atoms with Crippen LogP contribution in [0.4, 0.5) is 11.4 Å². The molecule has 0 bridgehead atoms. The number of hydrogen-bond acceptors (Lipinski definition) is 3. The quantitative estimate of drug-likeness (QED) is 0.779. The van der Waals surface area contributed by atoms with Crippen molar-refractivity contribution in [3.05, 3.63) is 54.1 Å². The molecule has 21 heavy (non-hydrogen) atoms. The minimum Gasteiger partial charge on any atom is -0.495 e. The second-order valence-corrected chi connectivity index (χ2v) is 5.07. The molecular formula is C18H24N2O. The molecule has 0 radical (unpaired) electrons. The van der Waals surface area contributed by atoms with Gasteiger partial charge >= 0.3 is 0 Å². The van der Waals surface area contributed by atoms with Gasteiger partial charge in [0.15, 0.2) is 0 Å². The Bertz CT molecular complexity index is 551. The Morgan fingerprint density at radius 1 is 1.05 bits per heavy atom. The zero-order valence-corrected chi connectivity index (χ0v) is 13.1. The van der Waals surface area contributed by atoms with Crippen molar-refractivity contribution in [2.24, 2.45) is 0 Å². The molecule has 0 amide bonds. The molecule has 0 fully saturated rings. The first kappa shape index (κ1) is 15.4. The molecule has 2 aromatic carbocycles. The Balaban J connectivity index is 2.10. The number of para-hydroxylation sites is 2. The van der Waals surface area contributed by atoms with Gasteiger partial charge in [0.2, 0.25) is 0 Å². The van der Waals surface area contributed by atoms with E-state index in [1.165, 1.54) is 5.56 Å². The maximum absolute atomic E-state index is 5.43. The fourth-order valence-corrected chi connectivity index (χ4v) is 2.29. The first-order chi connectivity index (χ1) is 10.3. The Labute approximate surface area is 127 Å². The lowest BCUT2D eigenvalue weighted by Gasteiger charge is -2.22. The standard InChI is InChI=1S/C18H24N2O/c1-4-13-19-14-15-9-11-16(12-10-15)20(2)17-7-5-6-8-18(17)21-3/h5-12,19H,4,13-14H2,1-3H3. The highest BCUT2D eigenvalue weighted by atomic mass is 16.5. The first-order valence-corrected chi connectivity index (χ1v) is 7.42. The second kappa shape index (κ2) is 7.70. The zero-order chi connectivity index (χ0) is 15.1. The van der Waals surface area contributed by atoms with E-state index in [4.69, 9.17) is 4.74 Å². The molecule has 0 aromatic heterocycles. The number of anilines is 2. The van der Waals surface area contributed by atoms with Crippen LogP contribution in [0, 0.1) is 0 Å². The molecule has 0 saturated heterocycles. The molecular weight excluding hydrogens is 260 g/mol. The highest BCUT2D eigenvalue weighted by Crippen LogP contribution is 2.32. The Kier molecular flexibility index (Phi) is 5.64. The topological polar surface area (TPSA) is 24.5 Å². The predicted octanol–water partition coefficient (Wildman–Crippen LogP) is 3.96. The van der Waals surface area contributed by atoms with Crippen LogP contribution in [0.5, 0.6) is 5.75 Å². The summed E-state index contributed by atoms with van der Waals surface area (Å²) in [6, 6.07) is 16.7. The average Bonchev–Trinajstić information content (AvgIpc) is 2.55. The summed E-state index contributed by atoms with van der Waals surface area (Å²) >= 11 is 0. The molecule has 0 aliphatic heterocycles. The number of benzene rings is 2. The van der Waals surface area contributed by atoms with Crippen molar-refractivity contribution >= 4 is 11.4 Å². The summed E-state index contributed by atoms with van der Waals surface area (Å²) in [7, 11) is 3.76. The van der Waals surface area contributed by atoms with E-state index in [1.807, 2.05) is 18.2 Å². The molecule has 0 spiro atoms. The van der Waals surface area contributed by atoms with E-state index < -0.39 is 0 Å². The minimum atomic E-state index is 0.883. The van der Waals surface area contributed by atoms with Crippen LogP contribution >= 0.6 is 0 Å². The van der Waals surface area contributed by atoms with E-state index >= 15 is 0 Å². The van der Waals surface area contributed by atoms with Gasteiger partial charge in [0.05, 0.1) is 12.8 Å². The maximum atomic E-state index is 5.43. The lowest BCUT2D eigenvalue weighted by molar-refractivity contribution is 0.415. The summed E-state index contributed by atoms with van der Waals surface area (Å²) in [5.74, 6) is 0.883. The molecule has 2 rings (SSSR count). The maximum Gasteiger partial charge on any atom is 0.142 e. The molecule has 3 heteroatoms. The largest absolute Gasteiger partial charge is 0.495 e. The molecule has 0 aliphatic rings. The summed E-state index contributed by atoms with van der Waals surface area (Å²) in [6.07, 6.45) is 1.16. The molecule has 0 aliphatic carbocycles. The smallest absolute Gasteiger partial charge is 0.142 e. The van der Waals surface area contributed by atoms with Crippen LogP contribution in [-0.4, -0.2) is 20.7 Å². The molecule has 0 atom stereocenters. The van der Waals surface area contributed by atoms with Crippen molar-refractivity contribution in [1.29, 1.82) is 0 Å². The number of nitrogens with one attached hydrogen (secondary N) is 1. The SMILES string of the molecule is CCCNCc1ccc(N(C)c2ccccc2OC)cc1. The number of ether oxygens (including phenoxy) is 1.